The molecule has 3 heteroatoms. The summed E-state index contributed by atoms with van der Waals surface area (Å²) in [5.74, 6) is 0.914. The lowest BCUT2D eigenvalue weighted by Gasteiger charge is -2.34. The fourth-order valence-corrected chi connectivity index (χ4v) is 2.75. The van der Waals surface area contributed by atoms with Crippen LogP contribution in [0.5, 0.6) is 5.75 Å². The summed E-state index contributed by atoms with van der Waals surface area (Å²) in [7, 11) is 1.71. The predicted octanol–water partition coefficient (Wildman–Crippen LogP) is 3.47. The van der Waals surface area contributed by atoms with Gasteiger partial charge in [0.05, 0.1) is 7.11 Å². The molecule has 0 amide bonds. The van der Waals surface area contributed by atoms with Crippen molar-refractivity contribution in [1.29, 1.82) is 0 Å². The largest absolute Gasteiger partial charge is 0.497 e. The summed E-state index contributed by atoms with van der Waals surface area (Å²) in [6.07, 6.45) is 1.19. The molecule has 0 aromatic heterocycles. The van der Waals surface area contributed by atoms with Gasteiger partial charge in [0, 0.05) is 12.1 Å². The van der Waals surface area contributed by atoms with E-state index in [4.69, 9.17) is 4.74 Å². The van der Waals surface area contributed by atoms with Crippen LogP contribution in [0, 0.1) is 0 Å². The molecule has 0 saturated heterocycles. The van der Waals surface area contributed by atoms with Crippen molar-refractivity contribution < 1.29 is 4.74 Å². The molecule has 114 valence electrons. The number of methoxy groups -OCH3 is 1. The van der Waals surface area contributed by atoms with Gasteiger partial charge in [-0.15, -0.1) is 0 Å². The molecular weight excluding hydrogens is 248 g/mol. The number of hydrogen-bond donors (Lipinski definition) is 1. The van der Waals surface area contributed by atoms with Gasteiger partial charge < -0.3 is 10.1 Å². The zero-order chi connectivity index (χ0) is 15.0. The van der Waals surface area contributed by atoms with E-state index in [-0.39, 0.29) is 0 Å². The molecule has 2 unspecified atom stereocenters. The summed E-state index contributed by atoms with van der Waals surface area (Å²) in [6, 6.07) is 9.27. The van der Waals surface area contributed by atoms with Crippen LogP contribution in [-0.2, 0) is 0 Å². The third-order valence-electron chi connectivity index (χ3n) is 3.87. The van der Waals surface area contributed by atoms with Crippen LogP contribution in [0.1, 0.15) is 45.7 Å². The third kappa shape index (κ3) is 4.50. The van der Waals surface area contributed by atoms with Gasteiger partial charge in [-0.1, -0.05) is 32.9 Å². The molecule has 0 spiro atoms. The lowest BCUT2D eigenvalue weighted by atomic mass is 9.98. The summed E-state index contributed by atoms with van der Waals surface area (Å²) < 4.78 is 5.25. The first-order valence-electron chi connectivity index (χ1n) is 7.79. The molecule has 0 aliphatic carbocycles. The van der Waals surface area contributed by atoms with Gasteiger partial charge in [0.1, 0.15) is 5.75 Å². The average molecular weight is 278 g/mol. The molecule has 0 radical (unpaired) electrons. The number of ether oxygens (including phenoxy) is 1. The van der Waals surface area contributed by atoms with Crippen LogP contribution in [0.25, 0.3) is 0 Å². The topological polar surface area (TPSA) is 24.5 Å². The highest BCUT2D eigenvalue weighted by Gasteiger charge is 2.22. The van der Waals surface area contributed by atoms with Crippen LogP contribution in [-0.4, -0.2) is 37.7 Å². The van der Waals surface area contributed by atoms with Crippen molar-refractivity contribution in [2.45, 2.75) is 46.2 Å². The minimum atomic E-state index is 0.359. The van der Waals surface area contributed by atoms with Crippen molar-refractivity contribution in [1.82, 2.24) is 10.2 Å². The maximum absolute atomic E-state index is 5.25. The van der Waals surface area contributed by atoms with E-state index in [2.05, 4.69) is 50.0 Å². The predicted molar refractivity (Wildman–Crippen MR) is 86.4 cm³/mol. The smallest absolute Gasteiger partial charge is 0.118 e. The van der Waals surface area contributed by atoms with E-state index in [9.17, 15) is 0 Å². The van der Waals surface area contributed by atoms with Gasteiger partial charge in [-0.05, 0) is 50.7 Å². The van der Waals surface area contributed by atoms with Gasteiger partial charge in [0.25, 0.3) is 0 Å². The number of hydrogen-bond acceptors (Lipinski definition) is 3. The fraction of sp³-hybridized carbons (Fsp3) is 0.647. The summed E-state index contributed by atoms with van der Waals surface area (Å²) >= 11 is 0. The maximum atomic E-state index is 5.25. The van der Waals surface area contributed by atoms with Gasteiger partial charge in [-0.3, -0.25) is 4.90 Å². The molecule has 20 heavy (non-hydrogen) atoms. The molecule has 2 atom stereocenters. The second kappa shape index (κ2) is 8.98. The lowest BCUT2D eigenvalue weighted by molar-refractivity contribution is 0.178. The first-order valence-corrected chi connectivity index (χ1v) is 7.79. The van der Waals surface area contributed by atoms with Gasteiger partial charge in [0.2, 0.25) is 0 Å². The number of benzene rings is 1. The molecular formula is C17H30N2O. The quantitative estimate of drug-likeness (QED) is 0.748. The Bertz CT molecular complexity index is 364. The van der Waals surface area contributed by atoms with E-state index in [1.807, 2.05) is 12.1 Å². The zero-order valence-corrected chi connectivity index (χ0v) is 13.6. The third-order valence-corrected chi connectivity index (χ3v) is 3.87. The molecule has 0 aliphatic heterocycles. The van der Waals surface area contributed by atoms with Crippen LogP contribution in [0.4, 0.5) is 0 Å². The molecule has 0 aliphatic rings. The standard InChI is InChI=1S/C17H30N2O/c1-6-13-19(8-3)14(4)17(18-7-2)15-9-11-16(20-5)12-10-15/h9-12,14,17-18H,6-8,13H2,1-5H3. The Labute approximate surface area is 124 Å². The normalized spacial score (nSPS) is 14.3. The second-order valence-electron chi connectivity index (χ2n) is 5.18. The molecule has 0 saturated carbocycles. The Kier molecular flexibility index (Phi) is 7.63. The Hall–Kier alpha value is -1.06. The number of likely N-dealkylation sites (N-methyl/N-ethyl adjacent to an activating group) is 2. The molecule has 0 bridgehead atoms. The minimum Gasteiger partial charge on any atom is -0.497 e. The zero-order valence-electron chi connectivity index (χ0n) is 13.6. The van der Waals surface area contributed by atoms with Crippen molar-refractivity contribution in [2.75, 3.05) is 26.7 Å². The summed E-state index contributed by atoms with van der Waals surface area (Å²) in [6.45, 7) is 12.2. The van der Waals surface area contributed by atoms with E-state index in [0.717, 1.165) is 25.4 Å². The van der Waals surface area contributed by atoms with E-state index in [1.165, 1.54) is 12.0 Å². The highest BCUT2D eigenvalue weighted by molar-refractivity contribution is 5.29. The van der Waals surface area contributed by atoms with Gasteiger partial charge >= 0.3 is 0 Å². The molecule has 1 aromatic carbocycles. The van der Waals surface area contributed by atoms with E-state index in [0.29, 0.717) is 12.1 Å². The van der Waals surface area contributed by atoms with E-state index >= 15 is 0 Å². The SMILES string of the molecule is CCCN(CC)C(C)C(NCC)c1ccc(OC)cc1. The first-order chi connectivity index (χ1) is 9.67. The van der Waals surface area contributed by atoms with Crippen LogP contribution >= 0.6 is 0 Å². The van der Waals surface area contributed by atoms with Crippen LogP contribution in [0.2, 0.25) is 0 Å². The highest BCUT2D eigenvalue weighted by atomic mass is 16.5. The van der Waals surface area contributed by atoms with Crippen molar-refractivity contribution in [3.05, 3.63) is 29.8 Å². The second-order valence-corrected chi connectivity index (χ2v) is 5.18. The lowest BCUT2D eigenvalue weighted by Crippen LogP contribution is -2.43. The number of nitrogens with one attached hydrogen (secondary N) is 1. The van der Waals surface area contributed by atoms with Gasteiger partial charge in [0.15, 0.2) is 0 Å². The fourth-order valence-electron chi connectivity index (χ4n) is 2.75. The summed E-state index contributed by atoms with van der Waals surface area (Å²) in [5.41, 5.74) is 1.33. The molecule has 1 aromatic rings. The summed E-state index contributed by atoms with van der Waals surface area (Å²) in [5, 5.41) is 3.63. The maximum Gasteiger partial charge on any atom is 0.118 e. The van der Waals surface area contributed by atoms with E-state index < -0.39 is 0 Å². The highest BCUT2D eigenvalue weighted by Crippen LogP contribution is 2.23. The Morgan fingerprint density at radius 1 is 1.15 bits per heavy atom. The Morgan fingerprint density at radius 3 is 2.25 bits per heavy atom. The Balaban J connectivity index is 2.90. The van der Waals surface area contributed by atoms with Crippen molar-refractivity contribution >= 4 is 0 Å². The molecule has 1 rings (SSSR count). The van der Waals surface area contributed by atoms with Crippen LogP contribution in [0.15, 0.2) is 24.3 Å². The summed E-state index contributed by atoms with van der Waals surface area (Å²) in [4.78, 5) is 2.54. The van der Waals surface area contributed by atoms with Crippen molar-refractivity contribution in [3.63, 3.8) is 0 Å². The van der Waals surface area contributed by atoms with Gasteiger partial charge in [-0.25, -0.2) is 0 Å². The van der Waals surface area contributed by atoms with Crippen molar-refractivity contribution in [2.24, 2.45) is 0 Å². The number of rotatable bonds is 9. The first kappa shape index (κ1) is 17.0. The van der Waals surface area contributed by atoms with Crippen LogP contribution < -0.4 is 10.1 Å². The molecule has 0 heterocycles. The average Bonchev–Trinajstić information content (AvgIpc) is 2.50. The monoisotopic (exact) mass is 278 g/mol. The van der Waals surface area contributed by atoms with E-state index in [1.54, 1.807) is 7.11 Å². The molecule has 0 fully saturated rings. The Morgan fingerprint density at radius 2 is 1.80 bits per heavy atom. The minimum absolute atomic E-state index is 0.359. The molecule has 1 N–H and O–H groups in total. The van der Waals surface area contributed by atoms with Gasteiger partial charge in [-0.2, -0.15) is 0 Å². The molecule has 3 nitrogen and oxygen atoms in total. The van der Waals surface area contributed by atoms with Crippen LogP contribution in [0.3, 0.4) is 0 Å². The van der Waals surface area contributed by atoms with Crippen molar-refractivity contribution in [3.8, 4) is 5.75 Å². The number of nitrogens with zero attached hydrogens (tertiary/aromatic N) is 1.